The Labute approximate surface area is 127 Å². The van der Waals surface area contributed by atoms with E-state index in [0.29, 0.717) is 11.7 Å². The van der Waals surface area contributed by atoms with Gasteiger partial charge in [-0.1, -0.05) is 12.1 Å². The summed E-state index contributed by atoms with van der Waals surface area (Å²) in [5.74, 6) is 1.24. The topological polar surface area (TPSA) is 32.8 Å². The number of hydrogen-bond donors (Lipinski definition) is 0. The highest BCUT2D eigenvalue weighted by atomic mass is 35.5. The second-order valence-corrected chi connectivity index (χ2v) is 5.41. The number of hydrogen-bond acceptors (Lipinski definition) is 3. The van der Waals surface area contributed by atoms with E-state index in [4.69, 9.17) is 4.74 Å². The number of carbonyl (C=O) groups excluding carboxylic acids is 1. The molecule has 0 unspecified atom stereocenters. The lowest BCUT2D eigenvalue weighted by atomic mass is 9.90. The van der Waals surface area contributed by atoms with E-state index in [-0.39, 0.29) is 18.5 Å². The average molecular weight is 299 g/mol. The highest BCUT2D eigenvalue weighted by Gasteiger charge is 2.18. The highest BCUT2D eigenvalue weighted by Crippen LogP contribution is 2.28. The molecule has 0 atom stereocenters. The molecule has 1 fully saturated rings. The van der Waals surface area contributed by atoms with Crippen LogP contribution in [-0.4, -0.2) is 50.1 Å². The second kappa shape index (κ2) is 7.50. The summed E-state index contributed by atoms with van der Waals surface area (Å²) < 4.78 is 5.21. The Morgan fingerprint density at radius 1 is 1.20 bits per heavy atom. The number of ether oxygens (including phenoxy) is 1. The molecule has 1 aliphatic heterocycles. The molecule has 1 heterocycles. The molecule has 0 N–H and O–H groups in total. The van der Waals surface area contributed by atoms with Crippen LogP contribution in [0, 0.1) is 0 Å². The predicted octanol–water partition coefficient (Wildman–Crippen LogP) is 2.98. The van der Waals surface area contributed by atoms with Crippen molar-refractivity contribution < 1.29 is 9.53 Å². The minimum Gasteiger partial charge on any atom is -0.410 e. The Morgan fingerprint density at radius 3 is 2.25 bits per heavy atom. The van der Waals surface area contributed by atoms with Gasteiger partial charge in [0, 0.05) is 14.1 Å². The summed E-state index contributed by atoms with van der Waals surface area (Å²) in [6.45, 7) is 2.31. The van der Waals surface area contributed by atoms with E-state index >= 15 is 0 Å². The summed E-state index contributed by atoms with van der Waals surface area (Å²) in [5, 5.41) is 0. The van der Waals surface area contributed by atoms with Crippen LogP contribution in [0.4, 0.5) is 4.79 Å². The van der Waals surface area contributed by atoms with Crippen molar-refractivity contribution in [3.63, 3.8) is 0 Å². The van der Waals surface area contributed by atoms with Gasteiger partial charge in [0.15, 0.2) is 0 Å². The zero-order valence-electron chi connectivity index (χ0n) is 12.3. The fraction of sp³-hybridized carbons (Fsp3) is 0.533. The molecule has 1 aromatic rings. The van der Waals surface area contributed by atoms with Gasteiger partial charge in [0.05, 0.1) is 0 Å². The first-order valence-electron chi connectivity index (χ1n) is 6.74. The molecule has 0 radical (unpaired) electrons. The molecule has 1 saturated heterocycles. The minimum absolute atomic E-state index is 0. The first-order valence-corrected chi connectivity index (χ1v) is 6.74. The number of likely N-dealkylation sites (tertiary alicyclic amines) is 1. The van der Waals surface area contributed by atoms with Crippen LogP contribution >= 0.6 is 12.4 Å². The summed E-state index contributed by atoms with van der Waals surface area (Å²) in [7, 11) is 5.52. The Hall–Kier alpha value is -1.26. The van der Waals surface area contributed by atoms with Crippen molar-refractivity contribution in [2.75, 3.05) is 34.2 Å². The maximum atomic E-state index is 11.4. The van der Waals surface area contributed by atoms with Crippen LogP contribution in [-0.2, 0) is 0 Å². The third-order valence-corrected chi connectivity index (χ3v) is 3.64. The molecule has 0 aromatic heterocycles. The van der Waals surface area contributed by atoms with Gasteiger partial charge in [-0.3, -0.25) is 0 Å². The Balaban J connectivity index is 0.00000200. The second-order valence-electron chi connectivity index (χ2n) is 5.41. The summed E-state index contributed by atoms with van der Waals surface area (Å²) in [6, 6.07) is 7.92. The van der Waals surface area contributed by atoms with E-state index in [1.54, 1.807) is 14.1 Å². The van der Waals surface area contributed by atoms with Crippen LogP contribution in [0.25, 0.3) is 0 Å². The third kappa shape index (κ3) is 4.39. The number of halogens is 1. The van der Waals surface area contributed by atoms with E-state index in [1.165, 1.54) is 23.3 Å². The van der Waals surface area contributed by atoms with Crippen molar-refractivity contribution in [1.82, 2.24) is 9.80 Å². The van der Waals surface area contributed by atoms with Crippen LogP contribution in [0.5, 0.6) is 5.75 Å². The Morgan fingerprint density at radius 2 is 1.75 bits per heavy atom. The van der Waals surface area contributed by atoms with E-state index in [0.717, 1.165) is 13.1 Å². The van der Waals surface area contributed by atoms with Crippen LogP contribution in [0.15, 0.2) is 24.3 Å². The van der Waals surface area contributed by atoms with Gasteiger partial charge in [0.1, 0.15) is 5.75 Å². The van der Waals surface area contributed by atoms with Crippen molar-refractivity contribution in [3.05, 3.63) is 29.8 Å². The van der Waals surface area contributed by atoms with Crippen molar-refractivity contribution in [2.24, 2.45) is 0 Å². The molecular weight excluding hydrogens is 276 g/mol. The number of nitrogens with zero attached hydrogens (tertiary/aromatic N) is 2. The minimum atomic E-state index is -0.341. The fourth-order valence-electron chi connectivity index (χ4n) is 2.34. The zero-order valence-corrected chi connectivity index (χ0v) is 13.2. The third-order valence-electron chi connectivity index (χ3n) is 3.64. The number of carbonyl (C=O) groups is 1. The van der Waals surface area contributed by atoms with E-state index in [1.807, 2.05) is 12.1 Å². The van der Waals surface area contributed by atoms with E-state index in [2.05, 4.69) is 24.1 Å². The van der Waals surface area contributed by atoms with Crippen LogP contribution in [0.1, 0.15) is 24.3 Å². The average Bonchev–Trinajstić information content (AvgIpc) is 2.40. The van der Waals surface area contributed by atoms with Gasteiger partial charge < -0.3 is 14.5 Å². The van der Waals surface area contributed by atoms with Crippen molar-refractivity contribution >= 4 is 18.5 Å². The highest BCUT2D eigenvalue weighted by molar-refractivity contribution is 5.85. The molecule has 4 nitrogen and oxygen atoms in total. The van der Waals surface area contributed by atoms with Gasteiger partial charge in [-0.15, -0.1) is 12.4 Å². The lowest BCUT2D eigenvalue weighted by molar-refractivity contribution is 0.172. The van der Waals surface area contributed by atoms with Gasteiger partial charge in [0.2, 0.25) is 0 Å². The molecule has 20 heavy (non-hydrogen) atoms. The van der Waals surface area contributed by atoms with Crippen LogP contribution in [0.3, 0.4) is 0 Å². The number of benzene rings is 1. The lowest BCUT2D eigenvalue weighted by Gasteiger charge is -2.29. The van der Waals surface area contributed by atoms with E-state index in [9.17, 15) is 4.79 Å². The predicted molar refractivity (Wildman–Crippen MR) is 82.9 cm³/mol. The Bertz CT molecular complexity index is 426. The molecule has 112 valence electrons. The molecule has 0 saturated carbocycles. The molecule has 2 rings (SSSR count). The van der Waals surface area contributed by atoms with Gasteiger partial charge in [-0.25, -0.2) is 4.79 Å². The van der Waals surface area contributed by atoms with Crippen molar-refractivity contribution in [2.45, 2.75) is 18.8 Å². The maximum absolute atomic E-state index is 11.4. The molecule has 0 spiro atoms. The van der Waals surface area contributed by atoms with Crippen molar-refractivity contribution in [1.29, 1.82) is 0 Å². The normalized spacial score (nSPS) is 16.4. The molecule has 1 amide bonds. The molecule has 1 aromatic carbocycles. The first kappa shape index (κ1) is 16.8. The lowest BCUT2D eigenvalue weighted by Crippen LogP contribution is -2.29. The molecule has 1 aliphatic rings. The summed E-state index contributed by atoms with van der Waals surface area (Å²) >= 11 is 0. The largest absolute Gasteiger partial charge is 0.414 e. The standard InChI is InChI=1S/C15H22N2O2.ClH/c1-16(2)15(18)19-14-6-4-12(5-7-14)13-8-10-17(3)11-9-13;/h4-7,13H,8-11H2,1-3H3;1H. The SMILES string of the molecule is CN1CCC(c2ccc(OC(=O)N(C)C)cc2)CC1.Cl. The fourth-order valence-corrected chi connectivity index (χ4v) is 2.34. The number of piperidine rings is 1. The van der Waals surface area contributed by atoms with Gasteiger partial charge in [0.25, 0.3) is 0 Å². The molecule has 5 heteroatoms. The number of amides is 1. The van der Waals surface area contributed by atoms with E-state index < -0.39 is 0 Å². The van der Waals surface area contributed by atoms with Gasteiger partial charge >= 0.3 is 6.09 Å². The summed E-state index contributed by atoms with van der Waals surface area (Å²) in [5.41, 5.74) is 1.35. The number of rotatable bonds is 2. The first-order chi connectivity index (χ1) is 9.06. The zero-order chi connectivity index (χ0) is 13.8. The van der Waals surface area contributed by atoms with Crippen molar-refractivity contribution in [3.8, 4) is 5.75 Å². The van der Waals surface area contributed by atoms with Gasteiger partial charge in [-0.05, 0) is 56.6 Å². The smallest absolute Gasteiger partial charge is 0.410 e. The quantitative estimate of drug-likeness (QED) is 0.841. The Kier molecular flexibility index (Phi) is 6.30. The van der Waals surface area contributed by atoms with Crippen LogP contribution in [0.2, 0.25) is 0 Å². The molecule has 0 bridgehead atoms. The molecular formula is C15H23ClN2O2. The van der Waals surface area contributed by atoms with Gasteiger partial charge in [-0.2, -0.15) is 0 Å². The van der Waals surface area contributed by atoms with Crippen LogP contribution < -0.4 is 4.74 Å². The monoisotopic (exact) mass is 298 g/mol. The maximum Gasteiger partial charge on any atom is 0.414 e. The summed E-state index contributed by atoms with van der Waals surface area (Å²) in [6.07, 6.45) is 2.06. The summed E-state index contributed by atoms with van der Waals surface area (Å²) in [4.78, 5) is 15.2. The molecule has 0 aliphatic carbocycles.